The lowest BCUT2D eigenvalue weighted by Crippen LogP contribution is -2.45. The molecule has 1 aromatic rings. The molecule has 0 amide bonds. The van der Waals surface area contributed by atoms with Crippen LogP contribution in [0.3, 0.4) is 0 Å². The van der Waals surface area contributed by atoms with Gasteiger partial charge in [-0.1, -0.05) is 25.9 Å². The third kappa shape index (κ3) is 2.98. The highest BCUT2D eigenvalue weighted by Gasteiger charge is 2.41. The fourth-order valence-electron chi connectivity index (χ4n) is 2.90. The molecule has 0 radical (unpaired) electrons. The van der Waals surface area contributed by atoms with Crippen LogP contribution in [-0.2, 0) is 14.9 Å². The quantitative estimate of drug-likeness (QED) is 0.834. The topological polar surface area (TPSA) is 60.6 Å². The fourth-order valence-corrected chi connectivity index (χ4v) is 2.90. The van der Waals surface area contributed by atoms with Gasteiger partial charge in [-0.2, -0.15) is 4.98 Å². The van der Waals surface area contributed by atoms with Gasteiger partial charge in [0.15, 0.2) is 11.6 Å². The van der Waals surface area contributed by atoms with Crippen LogP contribution in [0.15, 0.2) is 4.52 Å². The largest absolute Gasteiger partial charge is 0.347 e. The monoisotopic (exact) mass is 295 g/mol. The summed E-state index contributed by atoms with van der Waals surface area (Å²) in [4.78, 5) is 6.92. The van der Waals surface area contributed by atoms with Crippen molar-refractivity contribution < 1.29 is 14.0 Å². The lowest BCUT2D eigenvalue weighted by molar-refractivity contribution is -0.188. The Morgan fingerprint density at radius 3 is 2.29 bits per heavy atom. The first-order chi connectivity index (χ1) is 9.90. The first-order valence-electron chi connectivity index (χ1n) is 7.76. The third-order valence-electron chi connectivity index (χ3n) is 4.39. The second kappa shape index (κ2) is 5.34. The summed E-state index contributed by atoms with van der Waals surface area (Å²) >= 11 is 0. The molecule has 0 aliphatic carbocycles. The molecule has 1 aromatic heterocycles. The molecule has 0 unspecified atom stereocenters. The lowest BCUT2D eigenvalue weighted by Gasteiger charge is -2.39. The maximum absolute atomic E-state index is 5.76. The number of likely N-dealkylation sites (tertiary alicyclic amines) is 1. The zero-order valence-electron chi connectivity index (χ0n) is 13.4. The van der Waals surface area contributed by atoms with Gasteiger partial charge >= 0.3 is 0 Å². The number of aromatic nitrogens is 2. The summed E-state index contributed by atoms with van der Waals surface area (Å²) in [6.45, 7) is 11.7. The molecule has 1 atom stereocenters. The van der Waals surface area contributed by atoms with Crippen LogP contribution in [-0.4, -0.2) is 47.1 Å². The van der Waals surface area contributed by atoms with Crippen LogP contribution in [0.1, 0.15) is 58.3 Å². The smallest absolute Gasteiger partial charge is 0.243 e. The van der Waals surface area contributed by atoms with Crippen molar-refractivity contribution in [1.29, 1.82) is 0 Å². The van der Waals surface area contributed by atoms with Gasteiger partial charge in [0.05, 0.1) is 19.3 Å². The number of hydrogen-bond donors (Lipinski definition) is 0. The van der Waals surface area contributed by atoms with Gasteiger partial charge in [0.1, 0.15) is 0 Å². The van der Waals surface area contributed by atoms with Crippen molar-refractivity contribution >= 4 is 0 Å². The predicted molar refractivity (Wildman–Crippen MR) is 76.9 cm³/mol. The molecule has 1 spiro atoms. The van der Waals surface area contributed by atoms with E-state index >= 15 is 0 Å². The van der Waals surface area contributed by atoms with Crippen molar-refractivity contribution in [2.75, 3.05) is 26.3 Å². The molecule has 0 bridgehead atoms. The Morgan fingerprint density at radius 2 is 1.76 bits per heavy atom. The van der Waals surface area contributed by atoms with E-state index in [4.69, 9.17) is 14.0 Å². The van der Waals surface area contributed by atoms with E-state index in [1.54, 1.807) is 0 Å². The average Bonchev–Trinajstić information content (AvgIpc) is 3.08. The van der Waals surface area contributed by atoms with Crippen molar-refractivity contribution in [3.8, 4) is 0 Å². The Hall–Kier alpha value is -0.980. The molecule has 21 heavy (non-hydrogen) atoms. The molecule has 0 aromatic carbocycles. The maximum atomic E-state index is 5.76. The molecule has 2 fully saturated rings. The van der Waals surface area contributed by atoms with E-state index in [0.29, 0.717) is 19.1 Å². The lowest BCUT2D eigenvalue weighted by atomic mass is 9.96. The van der Waals surface area contributed by atoms with Crippen molar-refractivity contribution in [1.82, 2.24) is 15.0 Å². The summed E-state index contributed by atoms with van der Waals surface area (Å²) in [6, 6.07) is 0.132. The van der Waals surface area contributed by atoms with E-state index < -0.39 is 0 Å². The second-order valence-corrected chi connectivity index (χ2v) is 7.03. The van der Waals surface area contributed by atoms with Gasteiger partial charge < -0.3 is 14.0 Å². The fraction of sp³-hybridized carbons (Fsp3) is 0.867. The Balaban J connectivity index is 1.63. The van der Waals surface area contributed by atoms with Crippen LogP contribution in [0.4, 0.5) is 0 Å². The van der Waals surface area contributed by atoms with Gasteiger partial charge in [-0.05, 0) is 6.92 Å². The van der Waals surface area contributed by atoms with Gasteiger partial charge in [0.25, 0.3) is 0 Å². The Kier molecular flexibility index (Phi) is 3.80. The summed E-state index contributed by atoms with van der Waals surface area (Å²) in [6.07, 6.45) is 1.80. The van der Waals surface area contributed by atoms with Gasteiger partial charge in [0, 0.05) is 31.3 Å². The van der Waals surface area contributed by atoms with Gasteiger partial charge in [0.2, 0.25) is 5.89 Å². The first kappa shape index (κ1) is 14.9. The van der Waals surface area contributed by atoms with Crippen LogP contribution in [0, 0.1) is 0 Å². The maximum Gasteiger partial charge on any atom is 0.243 e. The van der Waals surface area contributed by atoms with Gasteiger partial charge in [-0.25, -0.2) is 0 Å². The molecule has 2 aliphatic rings. The molecule has 6 heteroatoms. The minimum Gasteiger partial charge on any atom is -0.347 e. The molecule has 0 saturated carbocycles. The van der Waals surface area contributed by atoms with E-state index in [1.165, 1.54) is 0 Å². The minimum atomic E-state index is -0.332. The molecule has 2 aliphatic heterocycles. The highest BCUT2D eigenvalue weighted by Crippen LogP contribution is 2.34. The van der Waals surface area contributed by atoms with Crippen molar-refractivity contribution in [3.63, 3.8) is 0 Å². The number of rotatable bonds is 2. The number of nitrogens with zero attached hydrogens (tertiary/aromatic N) is 3. The zero-order valence-corrected chi connectivity index (χ0v) is 13.4. The van der Waals surface area contributed by atoms with Gasteiger partial charge in [-0.15, -0.1) is 0 Å². The Morgan fingerprint density at radius 1 is 1.14 bits per heavy atom. The van der Waals surface area contributed by atoms with Crippen LogP contribution in [0.2, 0.25) is 0 Å². The highest BCUT2D eigenvalue weighted by molar-refractivity contribution is 5.02. The summed E-state index contributed by atoms with van der Waals surface area (Å²) in [5.74, 6) is 1.13. The molecule has 6 nitrogen and oxygen atoms in total. The van der Waals surface area contributed by atoms with E-state index in [9.17, 15) is 0 Å². The second-order valence-electron chi connectivity index (χ2n) is 7.03. The average molecular weight is 295 g/mol. The van der Waals surface area contributed by atoms with Crippen molar-refractivity contribution in [3.05, 3.63) is 11.7 Å². The normalized spacial score (nSPS) is 24.6. The zero-order chi connectivity index (χ0) is 15.1. The van der Waals surface area contributed by atoms with Gasteiger partial charge in [-0.3, -0.25) is 4.90 Å². The minimum absolute atomic E-state index is 0.0844. The van der Waals surface area contributed by atoms with E-state index in [-0.39, 0.29) is 17.2 Å². The highest BCUT2D eigenvalue weighted by atomic mass is 16.7. The van der Waals surface area contributed by atoms with E-state index in [1.807, 2.05) is 0 Å². The molecular weight excluding hydrogens is 270 g/mol. The van der Waals surface area contributed by atoms with Crippen LogP contribution in [0.25, 0.3) is 0 Å². The number of piperidine rings is 1. The SMILES string of the molecule is C[C@H](c1nc(C(C)(C)C)no1)N1CCC2(CC1)OCCO2. The van der Waals surface area contributed by atoms with Crippen LogP contribution >= 0.6 is 0 Å². The summed E-state index contributed by atoms with van der Waals surface area (Å²) in [7, 11) is 0. The number of hydrogen-bond acceptors (Lipinski definition) is 6. The van der Waals surface area contributed by atoms with Crippen molar-refractivity contribution in [2.24, 2.45) is 0 Å². The number of ether oxygens (including phenoxy) is 2. The summed E-state index contributed by atoms with van der Waals surface area (Å²) in [5, 5.41) is 4.11. The standard InChI is InChI=1S/C15H25N3O3/c1-11(12-16-13(17-21-12)14(2,3)4)18-7-5-15(6-8-18)19-9-10-20-15/h11H,5-10H2,1-4H3/t11-/m1/s1. The summed E-state index contributed by atoms with van der Waals surface area (Å²) < 4.78 is 17.0. The van der Waals surface area contributed by atoms with E-state index in [0.717, 1.165) is 31.8 Å². The summed E-state index contributed by atoms with van der Waals surface area (Å²) in [5.41, 5.74) is -0.0844. The molecule has 118 valence electrons. The van der Waals surface area contributed by atoms with Crippen LogP contribution < -0.4 is 0 Å². The van der Waals surface area contributed by atoms with E-state index in [2.05, 4.69) is 42.7 Å². The third-order valence-corrected chi connectivity index (χ3v) is 4.39. The molecule has 3 heterocycles. The molecular formula is C15H25N3O3. The molecule has 3 rings (SSSR count). The first-order valence-corrected chi connectivity index (χ1v) is 7.76. The Labute approximate surface area is 125 Å². The van der Waals surface area contributed by atoms with Crippen LogP contribution in [0.5, 0.6) is 0 Å². The Bertz CT molecular complexity index is 479. The predicted octanol–water partition coefficient (Wildman–Crippen LogP) is 2.27. The molecule has 0 N–H and O–H groups in total. The van der Waals surface area contributed by atoms with Crippen molar-refractivity contribution in [2.45, 2.75) is 57.8 Å². The molecule has 2 saturated heterocycles.